The number of fused-ring (bicyclic) bond motifs is 1. The molecule has 0 heterocycles. The fourth-order valence-electron chi connectivity index (χ4n) is 5.70. The summed E-state index contributed by atoms with van der Waals surface area (Å²) in [5, 5.41) is 8.05. The van der Waals surface area contributed by atoms with Gasteiger partial charge in [-0.05, 0) is 92.7 Å². The highest BCUT2D eigenvalue weighted by Crippen LogP contribution is 2.42. The van der Waals surface area contributed by atoms with Gasteiger partial charge in [0.1, 0.15) is 0 Å². The average molecular weight is 424 g/mol. The van der Waals surface area contributed by atoms with Crippen LogP contribution in [0.2, 0.25) is 0 Å². The topological polar surface area (TPSA) is 3.24 Å². The van der Waals surface area contributed by atoms with Crippen LogP contribution in [0.4, 0.5) is 11.4 Å². The Kier molecular flexibility index (Phi) is 3.87. The molecule has 0 saturated carbocycles. The average Bonchev–Trinajstić information content (AvgIpc) is 2.83. The van der Waals surface area contributed by atoms with Gasteiger partial charge in [0, 0.05) is 23.8 Å². The summed E-state index contributed by atoms with van der Waals surface area (Å²) in [4.78, 5) is 2.35. The molecule has 1 nitrogen and oxygen atoms in total. The van der Waals surface area contributed by atoms with Crippen molar-refractivity contribution in [3.63, 3.8) is 0 Å². The molecule has 1 aliphatic carbocycles. The van der Waals surface area contributed by atoms with Crippen LogP contribution in [0, 0.1) is 6.92 Å². The lowest BCUT2D eigenvalue weighted by Gasteiger charge is -2.25. The highest BCUT2D eigenvalue weighted by atomic mass is 15.1. The Morgan fingerprint density at radius 2 is 1.30 bits per heavy atom. The van der Waals surface area contributed by atoms with Crippen LogP contribution in [-0.2, 0) is 12.8 Å². The quantitative estimate of drug-likeness (QED) is 0.258. The second-order valence-electron chi connectivity index (χ2n) is 9.49. The lowest BCUT2D eigenvalue weighted by molar-refractivity contribution is 0.840. The Morgan fingerprint density at radius 1 is 0.606 bits per heavy atom. The van der Waals surface area contributed by atoms with Gasteiger partial charge in [-0.3, -0.25) is 0 Å². The van der Waals surface area contributed by atoms with E-state index < -0.39 is 0 Å². The SMILES string of the molecule is Cc1cc2cccc3c(N(C)c4cccc(-c5ccc6c(c5)CC6)c4)cc4cccc1c4c23. The molecule has 158 valence electrons. The summed E-state index contributed by atoms with van der Waals surface area (Å²) >= 11 is 0. The van der Waals surface area contributed by atoms with Crippen LogP contribution < -0.4 is 4.90 Å². The minimum Gasteiger partial charge on any atom is -0.344 e. The van der Waals surface area contributed by atoms with E-state index in [1.54, 1.807) is 0 Å². The van der Waals surface area contributed by atoms with Crippen molar-refractivity contribution in [2.45, 2.75) is 19.8 Å². The van der Waals surface area contributed by atoms with Crippen molar-refractivity contribution in [2.24, 2.45) is 0 Å². The third-order valence-electron chi connectivity index (χ3n) is 7.61. The summed E-state index contributed by atoms with van der Waals surface area (Å²) in [5.41, 5.74) is 9.41. The maximum Gasteiger partial charge on any atom is 0.0494 e. The molecular formula is C32H25N. The van der Waals surface area contributed by atoms with Crippen LogP contribution in [0.1, 0.15) is 16.7 Å². The van der Waals surface area contributed by atoms with E-state index in [2.05, 4.69) is 110 Å². The molecule has 1 aliphatic rings. The summed E-state index contributed by atoms with van der Waals surface area (Å²) in [6, 6.07) is 34.0. The maximum absolute atomic E-state index is 2.37. The van der Waals surface area contributed by atoms with Crippen LogP contribution >= 0.6 is 0 Å². The van der Waals surface area contributed by atoms with Crippen LogP contribution in [0.3, 0.4) is 0 Å². The number of hydrogen-bond acceptors (Lipinski definition) is 1. The van der Waals surface area contributed by atoms with Gasteiger partial charge in [-0.25, -0.2) is 0 Å². The summed E-state index contributed by atoms with van der Waals surface area (Å²) in [5.74, 6) is 0. The van der Waals surface area contributed by atoms with Gasteiger partial charge < -0.3 is 4.90 Å². The number of rotatable bonds is 3. The van der Waals surface area contributed by atoms with Crippen molar-refractivity contribution in [1.82, 2.24) is 0 Å². The fraction of sp³-hybridized carbons (Fsp3) is 0.125. The molecule has 6 aromatic rings. The Morgan fingerprint density at radius 3 is 2.09 bits per heavy atom. The van der Waals surface area contributed by atoms with Gasteiger partial charge in [0.25, 0.3) is 0 Å². The Labute approximate surface area is 194 Å². The van der Waals surface area contributed by atoms with Gasteiger partial charge in [0.05, 0.1) is 0 Å². The first-order valence-electron chi connectivity index (χ1n) is 11.8. The molecule has 33 heavy (non-hydrogen) atoms. The van der Waals surface area contributed by atoms with E-state index >= 15 is 0 Å². The Hall–Kier alpha value is -3.84. The molecular weight excluding hydrogens is 398 g/mol. The summed E-state index contributed by atoms with van der Waals surface area (Å²) in [6.45, 7) is 2.22. The van der Waals surface area contributed by atoms with E-state index in [0.717, 1.165) is 0 Å². The molecule has 0 fully saturated rings. The molecule has 0 N–H and O–H groups in total. The summed E-state index contributed by atoms with van der Waals surface area (Å²) in [7, 11) is 2.20. The third-order valence-corrected chi connectivity index (χ3v) is 7.61. The normalized spacial score (nSPS) is 12.9. The minimum atomic E-state index is 1.21. The van der Waals surface area contributed by atoms with Gasteiger partial charge in [-0.2, -0.15) is 0 Å². The number of aryl methyl sites for hydroxylation is 3. The standard InChI is InChI=1S/C32H25N/c1-20-16-25-7-5-11-29-30(19-26-8-4-10-28(20)31(26)32(25)29)33(2)27-9-3-6-22(18-27)24-15-13-21-12-14-23(21)17-24/h3-11,13,15-19H,12,14H2,1-2H3. The van der Waals surface area contributed by atoms with E-state index in [1.165, 1.54) is 84.4 Å². The molecule has 0 saturated heterocycles. The molecule has 1 heteroatoms. The van der Waals surface area contributed by atoms with Crippen LogP contribution in [-0.4, -0.2) is 7.05 Å². The van der Waals surface area contributed by atoms with Crippen molar-refractivity contribution in [3.05, 3.63) is 108 Å². The first kappa shape index (κ1) is 18.7. The van der Waals surface area contributed by atoms with Crippen molar-refractivity contribution in [2.75, 3.05) is 11.9 Å². The molecule has 7 rings (SSSR count). The first-order valence-corrected chi connectivity index (χ1v) is 11.8. The highest BCUT2D eigenvalue weighted by molar-refractivity contribution is 6.27. The molecule has 6 aromatic carbocycles. The zero-order valence-electron chi connectivity index (χ0n) is 19.0. The number of hydrogen-bond donors (Lipinski definition) is 0. The summed E-state index contributed by atoms with van der Waals surface area (Å²) in [6.07, 6.45) is 2.44. The zero-order valence-corrected chi connectivity index (χ0v) is 19.0. The molecule has 0 atom stereocenters. The molecule has 0 radical (unpaired) electrons. The van der Waals surface area contributed by atoms with Crippen molar-refractivity contribution in [1.29, 1.82) is 0 Å². The molecule has 0 unspecified atom stereocenters. The minimum absolute atomic E-state index is 1.21. The predicted octanol–water partition coefficient (Wildman–Crippen LogP) is 8.43. The number of benzene rings is 6. The van der Waals surface area contributed by atoms with Gasteiger partial charge in [0.2, 0.25) is 0 Å². The molecule has 0 aromatic heterocycles. The molecule has 0 bridgehead atoms. The second kappa shape index (κ2) is 6.83. The van der Waals surface area contributed by atoms with Crippen LogP contribution in [0.15, 0.2) is 91.0 Å². The van der Waals surface area contributed by atoms with E-state index in [9.17, 15) is 0 Å². The fourth-order valence-corrected chi connectivity index (χ4v) is 5.70. The Balaban J connectivity index is 1.42. The maximum atomic E-state index is 2.37. The third kappa shape index (κ3) is 2.72. The van der Waals surface area contributed by atoms with E-state index in [4.69, 9.17) is 0 Å². The highest BCUT2D eigenvalue weighted by Gasteiger charge is 2.17. The van der Waals surface area contributed by atoms with E-state index in [0.29, 0.717) is 0 Å². The van der Waals surface area contributed by atoms with Crippen LogP contribution in [0.25, 0.3) is 43.4 Å². The predicted molar refractivity (Wildman–Crippen MR) is 142 cm³/mol. The van der Waals surface area contributed by atoms with E-state index in [-0.39, 0.29) is 0 Å². The van der Waals surface area contributed by atoms with Gasteiger partial charge in [0.15, 0.2) is 0 Å². The molecule has 0 amide bonds. The lowest BCUT2D eigenvalue weighted by Crippen LogP contribution is -2.10. The van der Waals surface area contributed by atoms with Gasteiger partial charge in [-0.1, -0.05) is 72.8 Å². The zero-order chi connectivity index (χ0) is 22.1. The smallest absolute Gasteiger partial charge is 0.0494 e. The van der Waals surface area contributed by atoms with Crippen LogP contribution in [0.5, 0.6) is 0 Å². The van der Waals surface area contributed by atoms with Crippen molar-refractivity contribution < 1.29 is 0 Å². The summed E-state index contributed by atoms with van der Waals surface area (Å²) < 4.78 is 0. The number of anilines is 2. The first-order chi connectivity index (χ1) is 16.2. The second-order valence-corrected chi connectivity index (χ2v) is 9.49. The van der Waals surface area contributed by atoms with Gasteiger partial charge in [-0.15, -0.1) is 0 Å². The largest absolute Gasteiger partial charge is 0.344 e. The Bertz CT molecular complexity index is 1690. The lowest BCUT2D eigenvalue weighted by atomic mass is 9.86. The molecule has 0 aliphatic heterocycles. The molecule has 0 spiro atoms. The van der Waals surface area contributed by atoms with Crippen molar-refractivity contribution in [3.8, 4) is 11.1 Å². The monoisotopic (exact) mass is 423 g/mol. The number of nitrogens with zero attached hydrogens (tertiary/aromatic N) is 1. The van der Waals surface area contributed by atoms with Gasteiger partial charge >= 0.3 is 0 Å². The van der Waals surface area contributed by atoms with E-state index in [1.807, 2.05) is 0 Å². The van der Waals surface area contributed by atoms with Crippen molar-refractivity contribution >= 4 is 43.7 Å².